The average Bonchev–Trinajstić information content (AvgIpc) is 2.60. The van der Waals surface area contributed by atoms with Crippen LogP contribution in [-0.4, -0.2) is 10.6 Å². The van der Waals surface area contributed by atoms with E-state index in [0.29, 0.717) is 11.8 Å². The van der Waals surface area contributed by atoms with Gasteiger partial charge in [0.1, 0.15) is 6.10 Å². The van der Waals surface area contributed by atoms with Crippen LogP contribution in [0.4, 0.5) is 0 Å². The summed E-state index contributed by atoms with van der Waals surface area (Å²) in [5.41, 5.74) is 3.40. The Labute approximate surface area is 164 Å². The molecule has 2 unspecified atom stereocenters. The third kappa shape index (κ3) is 5.09. The Morgan fingerprint density at radius 1 is 0.923 bits per heavy atom. The maximum absolute atomic E-state index is 6.60. The first-order valence-corrected chi connectivity index (χ1v) is 9.94. The van der Waals surface area contributed by atoms with Crippen molar-refractivity contribution < 1.29 is 4.84 Å². The molecular weight excluding hydrogens is 342 g/mol. The maximum Gasteiger partial charge on any atom is 0.102 e. The second kappa shape index (κ2) is 9.03. The molecule has 0 fully saturated rings. The quantitative estimate of drug-likeness (QED) is 0.386. The minimum atomic E-state index is -0.144. The van der Waals surface area contributed by atoms with E-state index in [0.717, 1.165) is 11.1 Å². The first-order chi connectivity index (χ1) is 12.3. The van der Waals surface area contributed by atoms with Gasteiger partial charge >= 0.3 is 0 Å². The maximum atomic E-state index is 6.60. The monoisotopic (exact) mass is 373 g/mol. The molecule has 2 aromatic rings. The number of hydroxylamine groups is 2. The lowest BCUT2D eigenvalue weighted by Crippen LogP contribution is -2.46. The van der Waals surface area contributed by atoms with Crippen molar-refractivity contribution in [3.63, 3.8) is 0 Å². The fraction of sp³-hybridized carbons (Fsp3) is 0.478. The Bertz CT molecular complexity index is 678. The van der Waals surface area contributed by atoms with Gasteiger partial charge in [-0.2, -0.15) is 5.06 Å². The van der Waals surface area contributed by atoms with Gasteiger partial charge in [0.2, 0.25) is 0 Å². The third-order valence-corrected chi connectivity index (χ3v) is 4.88. The lowest BCUT2D eigenvalue weighted by atomic mass is 9.92. The molecule has 0 aliphatic rings. The number of benzene rings is 2. The molecule has 0 radical (unpaired) electrons. The van der Waals surface area contributed by atoms with Crippen LogP contribution in [0.15, 0.2) is 54.6 Å². The molecule has 3 heteroatoms. The minimum Gasteiger partial charge on any atom is -0.290 e. The molecule has 2 rings (SSSR count). The van der Waals surface area contributed by atoms with Crippen LogP contribution in [0.1, 0.15) is 70.4 Å². The van der Waals surface area contributed by atoms with Crippen molar-refractivity contribution in [3.8, 4) is 0 Å². The third-order valence-electron chi connectivity index (χ3n) is 4.60. The van der Waals surface area contributed by atoms with Gasteiger partial charge in [0, 0.05) is 11.4 Å². The van der Waals surface area contributed by atoms with Crippen molar-refractivity contribution in [2.24, 2.45) is 5.92 Å². The zero-order valence-electron chi connectivity index (χ0n) is 16.9. The normalized spacial score (nSPS) is 14.7. The Morgan fingerprint density at radius 3 is 2.04 bits per heavy atom. The highest BCUT2D eigenvalue weighted by molar-refractivity contribution is 6.17. The highest BCUT2D eigenvalue weighted by Crippen LogP contribution is 2.37. The summed E-state index contributed by atoms with van der Waals surface area (Å²) in [4.78, 5) is 6.60. The summed E-state index contributed by atoms with van der Waals surface area (Å²) in [6, 6.07) is 19.0. The van der Waals surface area contributed by atoms with Gasteiger partial charge in [0.05, 0.1) is 6.04 Å². The fourth-order valence-electron chi connectivity index (χ4n) is 3.36. The van der Waals surface area contributed by atoms with Crippen molar-refractivity contribution in [2.75, 3.05) is 0 Å². The molecule has 0 amide bonds. The molecule has 0 heterocycles. The lowest BCUT2D eigenvalue weighted by molar-refractivity contribution is -0.272. The SMILES string of the molecule is CC(ON(C(c1ccccc1)C(C)C)C(C)(C)C)c1ccccc1CCl. The van der Waals surface area contributed by atoms with Crippen LogP contribution < -0.4 is 0 Å². The van der Waals surface area contributed by atoms with Gasteiger partial charge < -0.3 is 0 Å². The van der Waals surface area contributed by atoms with E-state index < -0.39 is 0 Å². The van der Waals surface area contributed by atoms with E-state index in [-0.39, 0.29) is 17.7 Å². The van der Waals surface area contributed by atoms with Crippen LogP contribution in [0.3, 0.4) is 0 Å². The average molecular weight is 374 g/mol. The molecule has 0 aliphatic heterocycles. The molecule has 0 spiro atoms. The summed E-state index contributed by atoms with van der Waals surface area (Å²) in [7, 11) is 0. The van der Waals surface area contributed by atoms with E-state index >= 15 is 0 Å². The van der Waals surface area contributed by atoms with Crippen LogP contribution >= 0.6 is 11.6 Å². The van der Waals surface area contributed by atoms with Gasteiger partial charge in [-0.3, -0.25) is 4.84 Å². The Balaban J connectivity index is 2.38. The second-order valence-corrected chi connectivity index (χ2v) is 8.44. The van der Waals surface area contributed by atoms with Crippen molar-refractivity contribution in [2.45, 2.75) is 65.1 Å². The largest absolute Gasteiger partial charge is 0.290 e. The molecule has 2 atom stereocenters. The van der Waals surface area contributed by atoms with Gasteiger partial charge in [-0.1, -0.05) is 68.4 Å². The van der Waals surface area contributed by atoms with E-state index in [1.54, 1.807) is 0 Å². The minimum absolute atomic E-state index is 0.0749. The zero-order valence-corrected chi connectivity index (χ0v) is 17.6. The first-order valence-electron chi connectivity index (χ1n) is 9.40. The molecule has 2 aromatic carbocycles. The molecule has 0 saturated carbocycles. The van der Waals surface area contributed by atoms with E-state index in [1.165, 1.54) is 5.56 Å². The Morgan fingerprint density at radius 2 is 1.50 bits per heavy atom. The van der Waals surface area contributed by atoms with E-state index in [2.05, 4.69) is 89.1 Å². The molecule has 142 valence electrons. The molecule has 2 nitrogen and oxygen atoms in total. The highest BCUT2D eigenvalue weighted by atomic mass is 35.5. The predicted octanol–water partition coefficient (Wildman–Crippen LogP) is 6.92. The van der Waals surface area contributed by atoms with Crippen LogP contribution in [0, 0.1) is 5.92 Å². The standard InChI is InChI=1S/C23H32ClNO/c1-17(2)22(19-12-8-7-9-13-19)25(23(4,5)6)26-18(3)21-15-11-10-14-20(21)16-24/h7-15,17-18,22H,16H2,1-6H3. The first kappa shape index (κ1) is 21.0. The van der Waals surface area contributed by atoms with Crippen molar-refractivity contribution in [1.82, 2.24) is 5.06 Å². The van der Waals surface area contributed by atoms with E-state index in [9.17, 15) is 0 Å². The summed E-state index contributed by atoms with van der Waals surface area (Å²) < 4.78 is 0. The van der Waals surface area contributed by atoms with E-state index in [4.69, 9.17) is 16.4 Å². The van der Waals surface area contributed by atoms with Gasteiger partial charge in [-0.25, -0.2) is 0 Å². The predicted molar refractivity (Wildman–Crippen MR) is 111 cm³/mol. The van der Waals surface area contributed by atoms with Gasteiger partial charge in [-0.15, -0.1) is 11.6 Å². The summed E-state index contributed by atoms with van der Waals surface area (Å²) in [6.07, 6.45) is -0.0749. The Hall–Kier alpha value is -1.35. The van der Waals surface area contributed by atoms with Crippen molar-refractivity contribution in [3.05, 3.63) is 71.3 Å². The number of alkyl halides is 1. The summed E-state index contributed by atoms with van der Waals surface area (Å²) in [5.74, 6) is 0.901. The highest BCUT2D eigenvalue weighted by Gasteiger charge is 2.34. The van der Waals surface area contributed by atoms with Gasteiger partial charge in [-0.05, 0) is 50.3 Å². The summed E-state index contributed by atoms with van der Waals surface area (Å²) >= 11 is 6.14. The van der Waals surface area contributed by atoms with Crippen molar-refractivity contribution in [1.29, 1.82) is 0 Å². The molecule has 26 heavy (non-hydrogen) atoms. The Kier molecular flexibility index (Phi) is 7.28. The molecule has 0 N–H and O–H groups in total. The van der Waals surface area contributed by atoms with Crippen LogP contribution in [0.25, 0.3) is 0 Å². The smallest absolute Gasteiger partial charge is 0.102 e. The fourth-order valence-corrected chi connectivity index (χ4v) is 3.61. The lowest BCUT2D eigenvalue weighted by Gasteiger charge is -2.44. The molecule has 0 bridgehead atoms. The number of hydrogen-bond acceptors (Lipinski definition) is 2. The van der Waals surface area contributed by atoms with Crippen LogP contribution in [0.2, 0.25) is 0 Å². The topological polar surface area (TPSA) is 12.5 Å². The molecule has 0 aromatic heterocycles. The van der Waals surface area contributed by atoms with Crippen LogP contribution in [0.5, 0.6) is 0 Å². The second-order valence-electron chi connectivity index (χ2n) is 8.18. The number of halogens is 1. The van der Waals surface area contributed by atoms with Crippen molar-refractivity contribution >= 4 is 11.6 Å². The summed E-state index contributed by atoms with van der Waals surface area (Å²) in [6.45, 7) is 13.2. The van der Waals surface area contributed by atoms with Crippen LogP contribution in [-0.2, 0) is 10.7 Å². The van der Waals surface area contributed by atoms with Gasteiger partial charge in [0.15, 0.2) is 0 Å². The molecular formula is C23H32ClNO. The molecule has 0 saturated heterocycles. The molecule has 0 aliphatic carbocycles. The number of nitrogens with zero attached hydrogens (tertiary/aromatic N) is 1. The zero-order chi connectivity index (χ0) is 19.3. The number of hydrogen-bond donors (Lipinski definition) is 0. The van der Waals surface area contributed by atoms with Gasteiger partial charge in [0.25, 0.3) is 0 Å². The van der Waals surface area contributed by atoms with E-state index in [1.807, 2.05) is 12.1 Å². The number of rotatable bonds is 7. The summed E-state index contributed by atoms with van der Waals surface area (Å²) in [5, 5.41) is 2.17.